The van der Waals surface area contributed by atoms with Gasteiger partial charge in [0.05, 0.1) is 6.61 Å². The van der Waals surface area contributed by atoms with Crippen molar-refractivity contribution >= 4 is 11.4 Å². The summed E-state index contributed by atoms with van der Waals surface area (Å²) < 4.78 is 5.62. The van der Waals surface area contributed by atoms with Crippen molar-refractivity contribution in [1.29, 1.82) is 0 Å². The highest BCUT2D eigenvalue weighted by atomic mass is 16.5. The summed E-state index contributed by atoms with van der Waals surface area (Å²) in [5.74, 6) is 0.884. The van der Waals surface area contributed by atoms with E-state index in [0.29, 0.717) is 6.61 Å². The van der Waals surface area contributed by atoms with Crippen molar-refractivity contribution in [2.24, 2.45) is 0 Å². The molecule has 2 saturated heterocycles. The summed E-state index contributed by atoms with van der Waals surface area (Å²) >= 11 is 0. The van der Waals surface area contributed by atoms with Gasteiger partial charge >= 0.3 is 0 Å². The number of fused-ring (bicyclic) bond motifs is 1. The zero-order valence-corrected chi connectivity index (χ0v) is 12.3. The van der Waals surface area contributed by atoms with Crippen LogP contribution in [-0.4, -0.2) is 43.7 Å². The lowest BCUT2D eigenvalue weighted by Crippen LogP contribution is -2.36. The van der Waals surface area contributed by atoms with E-state index in [0.717, 1.165) is 30.6 Å². The topological polar surface area (TPSA) is 41.7 Å². The molecule has 0 aliphatic carbocycles. The van der Waals surface area contributed by atoms with Gasteiger partial charge in [-0.3, -0.25) is 4.90 Å². The molecule has 2 fully saturated rings. The number of nitrogen functional groups attached to an aromatic ring is 1. The summed E-state index contributed by atoms with van der Waals surface area (Å²) in [6.07, 6.45) is 3.91. The van der Waals surface area contributed by atoms with Crippen LogP contribution in [0.1, 0.15) is 26.2 Å². The maximum Gasteiger partial charge on any atom is 0.123 e. The lowest BCUT2D eigenvalue weighted by atomic mass is 10.2. The van der Waals surface area contributed by atoms with Crippen LogP contribution in [0.15, 0.2) is 18.2 Å². The van der Waals surface area contributed by atoms with Gasteiger partial charge in [-0.25, -0.2) is 0 Å². The molecule has 1 aromatic carbocycles. The molecule has 1 unspecified atom stereocenters. The third-order valence-corrected chi connectivity index (χ3v) is 4.39. The minimum absolute atomic E-state index is 0.680. The molecule has 2 aliphatic rings. The molecule has 2 heterocycles. The molecule has 4 heteroatoms. The van der Waals surface area contributed by atoms with E-state index < -0.39 is 0 Å². The van der Waals surface area contributed by atoms with E-state index >= 15 is 0 Å². The quantitative estimate of drug-likeness (QED) is 0.860. The van der Waals surface area contributed by atoms with Crippen molar-refractivity contribution in [3.63, 3.8) is 0 Å². The fraction of sp³-hybridized carbons (Fsp3) is 0.625. The van der Waals surface area contributed by atoms with Crippen molar-refractivity contribution in [3.05, 3.63) is 18.2 Å². The van der Waals surface area contributed by atoms with E-state index in [9.17, 15) is 0 Å². The highest BCUT2D eigenvalue weighted by Crippen LogP contribution is 2.29. The van der Waals surface area contributed by atoms with Crippen molar-refractivity contribution in [1.82, 2.24) is 4.90 Å². The number of rotatable bonds is 3. The average molecular weight is 275 g/mol. The van der Waals surface area contributed by atoms with Crippen molar-refractivity contribution in [3.8, 4) is 5.75 Å². The standard InChI is InChI=1S/C16H25N3O/c1-2-20-16-10-13(17)9-15(11-16)19-8-4-7-18-6-3-5-14(18)12-19/h9-11,14H,2-8,12,17H2,1H3. The first kappa shape index (κ1) is 13.6. The van der Waals surface area contributed by atoms with E-state index in [1.54, 1.807) is 0 Å². The number of anilines is 2. The third kappa shape index (κ3) is 2.85. The van der Waals surface area contributed by atoms with Gasteiger partial charge in [-0.05, 0) is 38.8 Å². The molecule has 1 atom stereocenters. The molecule has 1 aromatic rings. The third-order valence-electron chi connectivity index (χ3n) is 4.39. The molecule has 2 N–H and O–H groups in total. The molecule has 0 bridgehead atoms. The molecule has 0 spiro atoms. The van der Waals surface area contributed by atoms with Crippen LogP contribution < -0.4 is 15.4 Å². The second-order valence-corrected chi connectivity index (χ2v) is 5.82. The van der Waals surface area contributed by atoms with Gasteiger partial charge in [-0.1, -0.05) is 0 Å². The number of nitrogens with zero attached hydrogens (tertiary/aromatic N) is 2. The number of ether oxygens (including phenoxy) is 1. The summed E-state index contributed by atoms with van der Waals surface area (Å²) in [5.41, 5.74) is 8.03. The van der Waals surface area contributed by atoms with Gasteiger partial charge < -0.3 is 15.4 Å². The van der Waals surface area contributed by atoms with Crippen molar-refractivity contribution in [2.45, 2.75) is 32.2 Å². The molecule has 0 radical (unpaired) electrons. The van der Waals surface area contributed by atoms with Gasteiger partial charge in [0.15, 0.2) is 0 Å². The first-order valence-electron chi connectivity index (χ1n) is 7.78. The normalized spacial score (nSPS) is 23.4. The summed E-state index contributed by atoms with van der Waals surface area (Å²) in [7, 11) is 0. The summed E-state index contributed by atoms with van der Waals surface area (Å²) in [6, 6.07) is 6.83. The van der Waals surface area contributed by atoms with E-state index in [-0.39, 0.29) is 0 Å². The Kier molecular flexibility index (Phi) is 4.01. The number of nitrogens with two attached hydrogens (primary N) is 1. The lowest BCUT2D eigenvalue weighted by Gasteiger charge is -2.27. The van der Waals surface area contributed by atoms with Gasteiger partial charge in [0.2, 0.25) is 0 Å². The second kappa shape index (κ2) is 5.92. The molecule has 0 amide bonds. The smallest absolute Gasteiger partial charge is 0.123 e. The maximum atomic E-state index is 6.03. The summed E-state index contributed by atoms with van der Waals surface area (Å²) in [6.45, 7) is 7.43. The van der Waals surface area contributed by atoms with Crippen LogP contribution in [0.3, 0.4) is 0 Å². The van der Waals surface area contributed by atoms with Crippen molar-refractivity contribution in [2.75, 3.05) is 43.4 Å². The molecule has 0 aromatic heterocycles. The Morgan fingerprint density at radius 3 is 2.90 bits per heavy atom. The van der Waals surface area contributed by atoms with Crippen LogP contribution in [0.2, 0.25) is 0 Å². The predicted octanol–water partition coefficient (Wildman–Crippen LogP) is 2.34. The minimum atomic E-state index is 0.680. The lowest BCUT2D eigenvalue weighted by molar-refractivity contribution is 0.273. The molecule has 0 saturated carbocycles. The van der Waals surface area contributed by atoms with Gasteiger partial charge in [0, 0.05) is 49.2 Å². The van der Waals surface area contributed by atoms with Crippen molar-refractivity contribution < 1.29 is 4.74 Å². The fourth-order valence-electron chi connectivity index (χ4n) is 3.48. The van der Waals surface area contributed by atoms with Crippen LogP contribution in [0, 0.1) is 0 Å². The van der Waals surface area contributed by atoms with Crippen LogP contribution in [0.4, 0.5) is 11.4 Å². The number of benzene rings is 1. The Bertz CT molecular complexity index is 463. The molecular weight excluding hydrogens is 250 g/mol. The maximum absolute atomic E-state index is 6.03. The Labute approximate surface area is 121 Å². The van der Waals surface area contributed by atoms with Crippen LogP contribution in [-0.2, 0) is 0 Å². The first-order chi connectivity index (χ1) is 9.76. The van der Waals surface area contributed by atoms with E-state index in [2.05, 4.69) is 21.9 Å². The molecule has 2 aliphatic heterocycles. The highest BCUT2D eigenvalue weighted by molar-refractivity contribution is 5.60. The predicted molar refractivity (Wildman–Crippen MR) is 83.4 cm³/mol. The molecular formula is C16H25N3O. The van der Waals surface area contributed by atoms with Gasteiger partial charge in [0.1, 0.15) is 5.75 Å². The van der Waals surface area contributed by atoms with Gasteiger partial charge in [-0.2, -0.15) is 0 Å². The Morgan fingerprint density at radius 1 is 1.20 bits per heavy atom. The van der Waals surface area contributed by atoms with E-state index in [1.165, 1.54) is 38.0 Å². The molecule has 110 valence electrons. The molecule has 3 rings (SSSR count). The van der Waals surface area contributed by atoms with E-state index in [1.807, 2.05) is 13.0 Å². The number of hydrogen-bond donors (Lipinski definition) is 1. The molecule has 4 nitrogen and oxygen atoms in total. The van der Waals surface area contributed by atoms with Gasteiger partial charge in [-0.15, -0.1) is 0 Å². The minimum Gasteiger partial charge on any atom is -0.494 e. The van der Waals surface area contributed by atoms with E-state index in [4.69, 9.17) is 10.5 Å². The highest BCUT2D eigenvalue weighted by Gasteiger charge is 2.28. The number of hydrogen-bond acceptors (Lipinski definition) is 4. The zero-order valence-electron chi connectivity index (χ0n) is 12.3. The van der Waals surface area contributed by atoms with Crippen LogP contribution >= 0.6 is 0 Å². The van der Waals surface area contributed by atoms with Gasteiger partial charge in [0.25, 0.3) is 0 Å². The fourth-order valence-corrected chi connectivity index (χ4v) is 3.48. The average Bonchev–Trinajstić information content (AvgIpc) is 2.75. The molecule has 20 heavy (non-hydrogen) atoms. The summed E-state index contributed by atoms with van der Waals surface area (Å²) in [4.78, 5) is 5.13. The monoisotopic (exact) mass is 275 g/mol. The Morgan fingerprint density at radius 2 is 2.05 bits per heavy atom. The summed E-state index contributed by atoms with van der Waals surface area (Å²) in [5, 5.41) is 0. The first-order valence-corrected chi connectivity index (χ1v) is 7.78. The zero-order chi connectivity index (χ0) is 13.9. The SMILES string of the molecule is CCOc1cc(N)cc(N2CCCN3CCCC3C2)c1. The Balaban J connectivity index is 1.80. The van der Waals surface area contributed by atoms with Crippen LogP contribution in [0.5, 0.6) is 5.75 Å². The van der Waals surface area contributed by atoms with Crippen LogP contribution in [0.25, 0.3) is 0 Å². The Hall–Kier alpha value is -1.42. The largest absolute Gasteiger partial charge is 0.494 e. The second-order valence-electron chi connectivity index (χ2n) is 5.82.